The van der Waals surface area contributed by atoms with E-state index in [1.165, 1.54) is 12.8 Å². The van der Waals surface area contributed by atoms with Crippen molar-refractivity contribution < 1.29 is 14.6 Å². The Morgan fingerprint density at radius 2 is 1.71 bits per heavy atom. The third-order valence-corrected chi connectivity index (χ3v) is 5.68. The smallest absolute Gasteiger partial charge is 0.236 e. The molecular formula is C22H35N3O3. The van der Waals surface area contributed by atoms with Crippen LogP contribution in [0.2, 0.25) is 0 Å². The number of rotatable bonds is 7. The molecule has 2 heterocycles. The van der Waals surface area contributed by atoms with E-state index in [0.717, 1.165) is 63.4 Å². The van der Waals surface area contributed by atoms with Crippen molar-refractivity contribution in [3.63, 3.8) is 0 Å². The van der Waals surface area contributed by atoms with Gasteiger partial charge < -0.3 is 14.7 Å². The molecule has 28 heavy (non-hydrogen) atoms. The highest BCUT2D eigenvalue weighted by molar-refractivity contribution is 5.78. The number of carbonyl (C=O) groups excluding carboxylic acids is 1. The summed E-state index contributed by atoms with van der Waals surface area (Å²) in [6.07, 6.45) is 4.27. The molecule has 0 saturated carbocycles. The van der Waals surface area contributed by atoms with Gasteiger partial charge in [-0.15, -0.1) is 0 Å². The van der Waals surface area contributed by atoms with Crippen LogP contribution in [0.1, 0.15) is 31.2 Å². The second-order valence-electron chi connectivity index (χ2n) is 8.15. The first kappa shape index (κ1) is 21.1. The number of carbonyl (C=O) groups is 1. The molecule has 1 amide bonds. The molecule has 6 heteroatoms. The number of hydrogen-bond acceptors (Lipinski definition) is 5. The molecule has 1 aromatic carbocycles. The van der Waals surface area contributed by atoms with Crippen LogP contribution in [-0.4, -0.2) is 90.8 Å². The maximum atomic E-state index is 12.5. The summed E-state index contributed by atoms with van der Waals surface area (Å²) in [5.41, 5.74) is 1.15. The molecule has 1 aromatic rings. The number of likely N-dealkylation sites (tertiary alicyclic amines) is 1. The highest BCUT2D eigenvalue weighted by Gasteiger charge is 2.23. The van der Waals surface area contributed by atoms with E-state index in [1.807, 2.05) is 36.1 Å². The quantitative estimate of drug-likeness (QED) is 0.770. The van der Waals surface area contributed by atoms with Crippen LogP contribution in [0.25, 0.3) is 0 Å². The lowest BCUT2D eigenvalue weighted by Gasteiger charge is -2.36. The van der Waals surface area contributed by atoms with Crippen molar-refractivity contribution in [2.75, 3.05) is 59.0 Å². The Morgan fingerprint density at radius 3 is 2.39 bits per heavy atom. The van der Waals surface area contributed by atoms with Gasteiger partial charge in [0, 0.05) is 45.8 Å². The number of ether oxygens (including phenoxy) is 1. The Kier molecular flexibility index (Phi) is 8.13. The molecule has 0 aromatic heterocycles. The molecule has 2 aliphatic rings. The molecule has 156 valence electrons. The second-order valence-corrected chi connectivity index (χ2v) is 8.15. The monoisotopic (exact) mass is 389 g/mol. The molecular weight excluding hydrogens is 354 g/mol. The lowest BCUT2D eigenvalue weighted by molar-refractivity contribution is -0.132. The lowest BCUT2D eigenvalue weighted by Crippen LogP contribution is -2.51. The van der Waals surface area contributed by atoms with Gasteiger partial charge in [-0.2, -0.15) is 0 Å². The van der Waals surface area contributed by atoms with Crippen LogP contribution >= 0.6 is 0 Å². The molecule has 0 spiro atoms. The summed E-state index contributed by atoms with van der Waals surface area (Å²) in [6, 6.07) is 7.89. The Hall–Kier alpha value is -1.63. The molecule has 1 unspecified atom stereocenters. The molecule has 0 bridgehead atoms. The van der Waals surface area contributed by atoms with Gasteiger partial charge in [-0.3, -0.25) is 14.6 Å². The lowest BCUT2D eigenvalue weighted by atomic mass is 10.2. The minimum atomic E-state index is -0.509. The number of nitrogens with zero attached hydrogens (tertiary/aromatic N) is 3. The van der Waals surface area contributed by atoms with Gasteiger partial charge in [0.15, 0.2) is 0 Å². The summed E-state index contributed by atoms with van der Waals surface area (Å²) in [4.78, 5) is 19.1. The standard InChI is InChI=1S/C22H35N3O3/c1-19-7-6-8-21(15-19)28-18-20(26)16-23-11-13-24(14-12-23)17-22(27)25-9-4-2-3-5-10-25/h6-8,15,20,26H,2-5,9-14,16-18H2,1H3. The summed E-state index contributed by atoms with van der Waals surface area (Å²) < 4.78 is 5.70. The minimum Gasteiger partial charge on any atom is -0.491 e. The normalized spacial score (nSPS) is 20.6. The molecule has 2 fully saturated rings. The first-order chi connectivity index (χ1) is 13.6. The van der Waals surface area contributed by atoms with Crippen molar-refractivity contribution in [2.45, 2.75) is 38.7 Å². The molecule has 0 radical (unpaired) electrons. The molecule has 2 saturated heterocycles. The van der Waals surface area contributed by atoms with Crippen LogP contribution in [0, 0.1) is 6.92 Å². The summed E-state index contributed by atoms with van der Waals surface area (Å²) in [6.45, 7) is 8.85. The Bertz CT molecular complexity index is 609. The van der Waals surface area contributed by atoms with E-state index in [0.29, 0.717) is 19.7 Å². The van der Waals surface area contributed by atoms with Gasteiger partial charge in [0.05, 0.1) is 6.54 Å². The molecule has 0 aliphatic carbocycles. The molecule has 3 rings (SSSR count). The fourth-order valence-corrected chi connectivity index (χ4v) is 3.99. The van der Waals surface area contributed by atoms with Gasteiger partial charge in [0.25, 0.3) is 0 Å². The Balaban J connectivity index is 1.33. The predicted octanol–water partition coefficient (Wildman–Crippen LogP) is 1.75. The summed E-state index contributed by atoms with van der Waals surface area (Å²) in [7, 11) is 0. The zero-order valence-electron chi connectivity index (χ0n) is 17.2. The number of aliphatic hydroxyl groups is 1. The third kappa shape index (κ3) is 6.76. The number of amides is 1. The number of aryl methyl sites for hydroxylation is 1. The molecule has 2 aliphatic heterocycles. The number of piperazine rings is 1. The maximum absolute atomic E-state index is 12.5. The average Bonchev–Trinajstić information content (AvgIpc) is 2.98. The van der Waals surface area contributed by atoms with E-state index >= 15 is 0 Å². The number of β-amino-alcohol motifs (C(OH)–C–C–N with tert-alkyl or cyclic N) is 1. The fourth-order valence-electron chi connectivity index (χ4n) is 3.99. The van der Waals surface area contributed by atoms with Crippen molar-refractivity contribution in [1.29, 1.82) is 0 Å². The van der Waals surface area contributed by atoms with Crippen molar-refractivity contribution in [3.05, 3.63) is 29.8 Å². The zero-order chi connectivity index (χ0) is 19.8. The van der Waals surface area contributed by atoms with Gasteiger partial charge in [0.1, 0.15) is 18.5 Å². The van der Waals surface area contributed by atoms with E-state index in [9.17, 15) is 9.90 Å². The SMILES string of the molecule is Cc1cccc(OCC(O)CN2CCN(CC(=O)N3CCCCCC3)CC2)c1. The number of benzene rings is 1. The maximum Gasteiger partial charge on any atom is 0.236 e. The predicted molar refractivity (Wildman–Crippen MR) is 111 cm³/mol. The van der Waals surface area contributed by atoms with Gasteiger partial charge >= 0.3 is 0 Å². The third-order valence-electron chi connectivity index (χ3n) is 5.68. The topological polar surface area (TPSA) is 56.3 Å². The highest BCUT2D eigenvalue weighted by atomic mass is 16.5. The highest BCUT2D eigenvalue weighted by Crippen LogP contribution is 2.13. The van der Waals surface area contributed by atoms with E-state index in [-0.39, 0.29) is 5.91 Å². The second kappa shape index (κ2) is 10.8. The van der Waals surface area contributed by atoms with Gasteiger partial charge in [-0.25, -0.2) is 0 Å². The van der Waals surface area contributed by atoms with Crippen LogP contribution in [0.5, 0.6) is 5.75 Å². The first-order valence-corrected chi connectivity index (χ1v) is 10.7. The number of aliphatic hydroxyl groups excluding tert-OH is 1. The summed E-state index contributed by atoms with van der Waals surface area (Å²) in [5.74, 6) is 1.08. The van der Waals surface area contributed by atoms with Gasteiger partial charge in [-0.1, -0.05) is 25.0 Å². The average molecular weight is 390 g/mol. The fraction of sp³-hybridized carbons (Fsp3) is 0.682. The van der Waals surface area contributed by atoms with Crippen molar-refractivity contribution >= 4 is 5.91 Å². The molecule has 1 atom stereocenters. The van der Waals surface area contributed by atoms with Crippen LogP contribution < -0.4 is 4.74 Å². The van der Waals surface area contributed by atoms with Gasteiger partial charge in [-0.05, 0) is 37.5 Å². The van der Waals surface area contributed by atoms with Crippen molar-refractivity contribution in [3.8, 4) is 5.75 Å². The molecule has 1 N–H and O–H groups in total. The Labute approximate surface area is 169 Å². The first-order valence-electron chi connectivity index (χ1n) is 10.7. The van der Waals surface area contributed by atoms with E-state index in [1.54, 1.807) is 0 Å². The summed E-state index contributed by atoms with van der Waals surface area (Å²) >= 11 is 0. The van der Waals surface area contributed by atoms with Crippen LogP contribution in [0.3, 0.4) is 0 Å². The van der Waals surface area contributed by atoms with Crippen LogP contribution in [-0.2, 0) is 4.79 Å². The van der Waals surface area contributed by atoms with Crippen LogP contribution in [0.4, 0.5) is 0 Å². The summed E-state index contributed by atoms with van der Waals surface area (Å²) in [5, 5.41) is 10.3. The van der Waals surface area contributed by atoms with Crippen molar-refractivity contribution in [2.24, 2.45) is 0 Å². The number of hydrogen-bond donors (Lipinski definition) is 1. The van der Waals surface area contributed by atoms with E-state index < -0.39 is 6.10 Å². The Morgan fingerprint density at radius 1 is 1.04 bits per heavy atom. The van der Waals surface area contributed by atoms with Gasteiger partial charge in [0.2, 0.25) is 5.91 Å². The zero-order valence-corrected chi connectivity index (χ0v) is 17.2. The van der Waals surface area contributed by atoms with Crippen molar-refractivity contribution in [1.82, 2.24) is 14.7 Å². The minimum absolute atomic E-state index is 0.280. The van der Waals surface area contributed by atoms with E-state index in [2.05, 4.69) is 9.80 Å². The van der Waals surface area contributed by atoms with Crippen LogP contribution in [0.15, 0.2) is 24.3 Å². The largest absolute Gasteiger partial charge is 0.491 e. The molecule has 6 nitrogen and oxygen atoms in total. The van der Waals surface area contributed by atoms with E-state index in [4.69, 9.17) is 4.74 Å².